The summed E-state index contributed by atoms with van der Waals surface area (Å²) in [5.74, 6) is -0.315. The van der Waals surface area contributed by atoms with Crippen molar-refractivity contribution < 1.29 is 47.1 Å². The van der Waals surface area contributed by atoms with E-state index in [0.717, 1.165) is 54.9 Å². The Hall–Kier alpha value is -7.84. The van der Waals surface area contributed by atoms with Gasteiger partial charge in [0.2, 0.25) is 35.4 Å². The van der Waals surface area contributed by atoms with E-state index in [1.165, 1.54) is 35.2 Å². The summed E-state index contributed by atoms with van der Waals surface area (Å²) >= 11 is 0. The SMILES string of the molecule is C/C(=C\C(=O)N[C@H]1CC[C@H](NCCCCCCC#Cc2cccc3c2CN(C2CCC(=O)NC2=O)C3=O)C[C@H]2CC[C@@H](C(=O)N[C@@H](CCC(N)=O)C(=O)CC(c3ccccc3)c3ccccc3)N2C1=O)c1ccc(C(C)(F)F)cc1. The van der Waals surface area contributed by atoms with E-state index >= 15 is 0 Å². The number of hydrogen-bond acceptors (Lipinski definition) is 9. The van der Waals surface area contributed by atoms with E-state index in [2.05, 4.69) is 33.1 Å². The van der Waals surface area contributed by atoms with Gasteiger partial charge in [0.05, 0.1) is 6.04 Å². The van der Waals surface area contributed by atoms with Crippen LogP contribution in [0.5, 0.6) is 0 Å². The number of nitrogens with zero attached hydrogens (tertiary/aromatic N) is 2. The average molecular weight is 1090 g/mol. The number of Topliss-reactive ketones (excluding diaryl/α,β-unsaturated/α-hetero) is 1. The Morgan fingerprint density at radius 1 is 0.838 bits per heavy atom. The summed E-state index contributed by atoms with van der Waals surface area (Å²) in [4.78, 5) is 110. The number of halogens is 2. The zero-order valence-corrected chi connectivity index (χ0v) is 45.4. The lowest BCUT2D eigenvalue weighted by Gasteiger charge is -2.38. The molecule has 0 spiro atoms. The van der Waals surface area contributed by atoms with Gasteiger partial charge in [-0.3, -0.25) is 43.7 Å². The lowest BCUT2D eigenvalue weighted by molar-refractivity contribution is -0.144. The number of ketones is 1. The van der Waals surface area contributed by atoms with Crippen molar-refractivity contribution in [1.29, 1.82) is 0 Å². The Bertz CT molecular complexity index is 2990. The molecule has 4 aliphatic heterocycles. The van der Waals surface area contributed by atoms with E-state index in [9.17, 15) is 47.1 Å². The number of fused-ring (bicyclic) bond motifs is 2. The summed E-state index contributed by atoms with van der Waals surface area (Å²) in [5.41, 5.74) is 10.4. The van der Waals surface area contributed by atoms with Crippen LogP contribution in [0.25, 0.3) is 5.57 Å². The number of benzene rings is 4. The Morgan fingerprint density at radius 3 is 2.21 bits per heavy atom. The number of nitrogens with two attached hydrogens (primary N) is 1. The number of piperidine rings is 1. The number of imide groups is 1. The lowest BCUT2D eigenvalue weighted by Crippen LogP contribution is -2.59. The molecule has 0 radical (unpaired) electrons. The molecule has 420 valence electrons. The predicted molar refractivity (Wildman–Crippen MR) is 298 cm³/mol. The van der Waals surface area contributed by atoms with Crippen LogP contribution in [0.2, 0.25) is 0 Å². The molecule has 4 aliphatic rings. The van der Waals surface area contributed by atoms with Crippen molar-refractivity contribution >= 4 is 52.7 Å². The number of unbranched alkanes of at least 4 members (excludes halogenated alkanes) is 4. The van der Waals surface area contributed by atoms with Crippen LogP contribution in [0.4, 0.5) is 8.78 Å². The maximum Gasteiger partial charge on any atom is 0.270 e. The molecule has 0 aliphatic carbocycles. The van der Waals surface area contributed by atoms with Crippen molar-refractivity contribution in [2.75, 3.05) is 6.54 Å². The van der Waals surface area contributed by atoms with Crippen molar-refractivity contribution in [1.82, 2.24) is 31.1 Å². The molecule has 17 heteroatoms. The number of carbonyl (C=O) groups excluding carboxylic acids is 8. The van der Waals surface area contributed by atoms with E-state index in [1.807, 2.05) is 66.7 Å². The van der Waals surface area contributed by atoms with Crippen LogP contribution in [0.15, 0.2) is 109 Å². The van der Waals surface area contributed by atoms with Crippen LogP contribution in [-0.4, -0.2) is 99.7 Å². The number of alkyl halides is 2. The molecule has 15 nitrogen and oxygen atoms in total. The van der Waals surface area contributed by atoms with Gasteiger partial charge in [-0.15, -0.1) is 0 Å². The predicted octanol–water partition coefficient (Wildman–Crippen LogP) is 7.49. The summed E-state index contributed by atoms with van der Waals surface area (Å²) in [7, 11) is 0. The van der Waals surface area contributed by atoms with Crippen LogP contribution in [-0.2, 0) is 46.0 Å². The minimum absolute atomic E-state index is 0.0270. The second kappa shape index (κ2) is 26.9. The third-order valence-electron chi connectivity index (χ3n) is 15.9. The molecule has 3 fully saturated rings. The molecule has 7 amide bonds. The van der Waals surface area contributed by atoms with Crippen LogP contribution in [0.3, 0.4) is 0 Å². The topological polar surface area (TPSA) is 217 Å². The van der Waals surface area contributed by atoms with Crippen molar-refractivity contribution in [2.24, 2.45) is 5.73 Å². The van der Waals surface area contributed by atoms with Crippen LogP contribution in [0, 0.1) is 11.8 Å². The second-order valence-electron chi connectivity index (χ2n) is 21.6. The van der Waals surface area contributed by atoms with Gasteiger partial charge in [-0.25, -0.2) is 8.78 Å². The highest BCUT2D eigenvalue weighted by Gasteiger charge is 2.46. The summed E-state index contributed by atoms with van der Waals surface area (Å²) in [5, 5.41) is 11.9. The molecule has 0 saturated carbocycles. The van der Waals surface area contributed by atoms with Crippen molar-refractivity contribution in [3.8, 4) is 11.8 Å². The monoisotopic (exact) mass is 1090 g/mol. The fourth-order valence-corrected chi connectivity index (χ4v) is 11.5. The van der Waals surface area contributed by atoms with Gasteiger partial charge < -0.3 is 31.5 Å². The maximum atomic E-state index is 14.8. The van der Waals surface area contributed by atoms with Crippen LogP contribution >= 0.6 is 0 Å². The highest BCUT2D eigenvalue weighted by atomic mass is 19.3. The second-order valence-corrected chi connectivity index (χ2v) is 21.6. The van der Waals surface area contributed by atoms with Gasteiger partial charge in [0.15, 0.2) is 5.78 Å². The number of carbonyl (C=O) groups is 8. The molecule has 6 atom stereocenters. The average Bonchev–Trinajstić information content (AvgIpc) is 4.03. The van der Waals surface area contributed by atoms with Crippen LogP contribution in [0.1, 0.15) is 160 Å². The number of allylic oxidation sites excluding steroid dienone is 1. The zero-order valence-electron chi connectivity index (χ0n) is 45.4. The molecule has 80 heavy (non-hydrogen) atoms. The number of hydrogen-bond donors (Lipinski definition) is 5. The van der Waals surface area contributed by atoms with Gasteiger partial charge in [0.25, 0.3) is 11.8 Å². The summed E-state index contributed by atoms with van der Waals surface area (Å²) in [6.07, 6.45) is 8.06. The molecule has 0 bridgehead atoms. The molecule has 8 rings (SSSR count). The Balaban J connectivity index is 0.910. The smallest absolute Gasteiger partial charge is 0.270 e. The first-order valence-electron chi connectivity index (χ1n) is 27.9. The number of rotatable bonds is 22. The first-order chi connectivity index (χ1) is 38.4. The van der Waals surface area contributed by atoms with E-state index in [4.69, 9.17) is 5.73 Å². The summed E-state index contributed by atoms with van der Waals surface area (Å²) in [6.45, 7) is 3.44. The zero-order chi connectivity index (χ0) is 56.9. The van der Waals surface area contributed by atoms with E-state index in [-0.39, 0.29) is 86.2 Å². The third-order valence-corrected chi connectivity index (χ3v) is 15.9. The molecule has 1 unspecified atom stereocenters. The minimum Gasteiger partial charge on any atom is -0.370 e. The number of nitrogens with one attached hydrogen (secondary N) is 4. The first kappa shape index (κ1) is 58.3. The van der Waals surface area contributed by atoms with Gasteiger partial charge in [0.1, 0.15) is 18.1 Å². The van der Waals surface area contributed by atoms with E-state index in [0.29, 0.717) is 55.3 Å². The maximum absolute atomic E-state index is 14.8. The Labute approximate surface area is 466 Å². The molecule has 4 aromatic carbocycles. The molecule has 0 aromatic heterocycles. The fourth-order valence-electron chi connectivity index (χ4n) is 11.5. The van der Waals surface area contributed by atoms with Crippen molar-refractivity contribution in [3.05, 3.63) is 148 Å². The highest BCUT2D eigenvalue weighted by molar-refractivity contribution is 6.06. The normalized spacial score (nSPS) is 20.7. The van der Waals surface area contributed by atoms with Crippen molar-refractivity contribution in [2.45, 2.75) is 165 Å². The largest absolute Gasteiger partial charge is 0.370 e. The number of amides is 7. The minimum atomic E-state index is -3.03. The molecule has 4 heterocycles. The molecule has 6 N–H and O–H groups in total. The third kappa shape index (κ3) is 14.9. The van der Waals surface area contributed by atoms with Gasteiger partial charge in [-0.2, -0.15) is 0 Å². The van der Waals surface area contributed by atoms with Gasteiger partial charge >= 0.3 is 0 Å². The van der Waals surface area contributed by atoms with Crippen molar-refractivity contribution in [3.63, 3.8) is 0 Å². The fraction of sp³-hybridized carbons (Fsp3) is 0.429. The standard InChI is InChI=1S/C63H71F2N7O8/c1-40(41-23-25-45(26-24-41)63(2,64)65)36-58(76)68-52-29-27-46(67-35-14-6-4-3-5-9-20-44-21-15-22-48-50(44)39-71(61(48)79)53-32-34-57(75)70-59(53)77)37-47-28-31-54(72(47)62(52)80)60(78)69-51(30-33-56(66)74)55(73)38-49(42-16-10-7-11-17-42)43-18-12-8-13-19-43/h7-8,10-13,15-19,21-26,36,46-47,49,51-54,67H,3-6,14,27-35,37-39H2,1-2H3,(H2,66,74)(H,68,76)(H,69,78)(H,70,75,77)/b40-36+/t46-,47+,51-,52-,53?,54-/m0/s1. The van der Waals surface area contributed by atoms with Gasteiger partial charge in [-0.05, 0) is 111 Å². The molecule has 3 saturated heterocycles. The quantitative estimate of drug-likeness (QED) is 0.0228. The van der Waals surface area contributed by atoms with Gasteiger partial charge in [0, 0.05) is 79.9 Å². The lowest BCUT2D eigenvalue weighted by atomic mass is 9.85. The number of primary amides is 1. The van der Waals surface area contributed by atoms with E-state index in [1.54, 1.807) is 24.0 Å². The Morgan fingerprint density at radius 2 is 1.54 bits per heavy atom. The molecular formula is C63H71F2N7O8. The highest BCUT2D eigenvalue weighted by Crippen LogP contribution is 2.35. The molecule has 4 aromatic rings. The van der Waals surface area contributed by atoms with Crippen LogP contribution < -0.4 is 27.0 Å². The summed E-state index contributed by atoms with van der Waals surface area (Å²) in [6, 6.07) is 26.0. The van der Waals surface area contributed by atoms with Gasteiger partial charge in [-0.1, -0.05) is 116 Å². The van der Waals surface area contributed by atoms with E-state index < -0.39 is 59.6 Å². The first-order valence-corrected chi connectivity index (χ1v) is 27.9. The molecular weight excluding hydrogens is 1020 g/mol. The summed E-state index contributed by atoms with van der Waals surface area (Å²) < 4.78 is 27.9. The Kier molecular flexibility index (Phi) is 19.6.